The normalized spacial score (nSPS) is 10.7. The van der Waals surface area contributed by atoms with Gasteiger partial charge in [0.05, 0.1) is 17.9 Å². The van der Waals surface area contributed by atoms with Crippen molar-refractivity contribution in [2.75, 3.05) is 5.32 Å². The first-order valence-electron chi connectivity index (χ1n) is 5.36. The molecule has 0 saturated carbocycles. The van der Waals surface area contributed by atoms with Crippen molar-refractivity contribution < 1.29 is 0 Å². The van der Waals surface area contributed by atoms with Gasteiger partial charge in [0.15, 0.2) is 0 Å². The molecule has 0 aliphatic rings. The fourth-order valence-electron chi connectivity index (χ4n) is 1.60. The Bertz CT molecular complexity index is 472. The van der Waals surface area contributed by atoms with Gasteiger partial charge in [-0.3, -0.25) is 4.68 Å². The second kappa shape index (κ2) is 4.65. The van der Waals surface area contributed by atoms with Gasteiger partial charge >= 0.3 is 0 Å². The van der Waals surface area contributed by atoms with E-state index in [1.165, 1.54) is 0 Å². The maximum Gasteiger partial charge on any atom is 0.112 e. The highest BCUT2D eigenvalue weighted by Crippen LogP contribution is 2.16. The lowest BCUT2D eigenvalue weighted by molar-refractivity contribution is 0.746. The van der Waals surface area contributed by atoms with Gasteiger partial charge in [-0.1, -0.05) is 6.92 Å². The van der Waals surface area contributed by atoms with Crippen LogP contribution in [0.2, 0.25) is 0 Å². The quantitative estimate of drug-likeness (QED) is 0.886. The molecule has 0 atom stereocenters. The van der Waals surface area contributed by atoms with Crippen LogP contribution in [0.25, 0.3) is 0 Å². The average molecular weight is 236 g/mol. The zero-order chi connectivity index (χ0) is 11.5. The van der Waals surface area contributed by atoms with Crippen molar-refractivity contribution >= 4 is 17.0 Å². The van der Waals surface area contributed by atoms with Crippen LogP contribution in [-0.4, -0.2) is 14.8 Å². The standard InChI is InChI=1S/C11H16N4S/c1-4-9-10(6-15(3)14-9)12-5-11-13-8(2)7-16-11/h6-7,12H,4-5H2,1-3H3. The van der Waals surface area contributed by atoms with Crippen molar-refractivity contribution in [3.63, 3.8) is 0 Å². The van der Waals surface area contributed by atoms with Crippen molar-refractivity contribution in [3.05, 3.63) is 28.0 Å². The van der Waals surface area contributed by atoms with E-state index in [1.807, 2.05) is 24.9 Å². The van der Waals surface area contributed by atoms with Crippen LogP contribution in [0.3, 0.4) is 0 Å². The Kier molecular flexibility index (Phi) is 3.24. The summed E-state index contributed by atoms with van der Waals surface area (Å²) in [5.74, 6) is 0. The number of hydrogen-bond acceptors (Lipinski definition) is 4. The largest absolute Gasteiger partial charge is 0.376 e. The Labute approximate surface area is 99.3 Å². The van der Waals surface area contributed by atoms with Crippen LogP contribution in [0.1, 0.15) is 23.3 Å². The van der Waals surface area contributed by atoms with Crippen LogP contribution in [0.4, 0.5) is 5.69 Å². The molecular formula is C11H16N4S. The van der Waals surface area contributed by atoms with E-state index in [1.54, 1.807) is 11.3 Å². The summed E-state index contributed by atoms with van der Waals surface area (Å²) in [6.07, 6.45) is 2.96. The Morgan fingerprint density at radius 3 is 2.94 bits per heavy atom. The van der Waals surface area contributed by atoms with Gasteiger partial charge in [-0.2, -0.15) is 5.10 Å². The first-order valence-corrected chi connectivity index (χ1v) is 6.24. The maximum atomic E-state index is 4.42. The van der Waals surface area contributed by atoms with Crippen molar-refractivity contribution in [1.82, 2.24) is 14.8 Å². The summed E-state index contributed by atoms with van der Waals surface area (Å²) in [6, 6.07) is 0. The molecule has 2 aromatic rings. The van der Waals surface area contributed by atoms with E-state index in [4.69, 9.17) is 0 Å². The summed E-state index contributed by atoms with van der Waals surface area (Å²) >= 11 is 1.69. The van der Waals surface area contributed by atoms with E-state index in [0.29, 0.717) is 0 Å². The third-order valence-electron chi connectivity index (χ3n) is 2.34. The van der Waals surface area contributed by atoms with Crippen LogP contribution in [0, 0.1) is 6.92 Å². The van der Waals surface area contributed by atoms with Crippen molar-refractivity contribution in [2.45, 2.75) is 26.8 Å². The molecule has 0 unspecified atom stereocenters. The number of hydrogen-bond donors (Lipinski definition) is 1. The molecule has 0 amide bonds. The van der Waals surface area contributed by atoms with Crippen molar-refractivity contribution in [1.29, 1.82) is 0 Å². The summed E-state index contributed by atoms with van der Waals surface area (Å²) in [5.41, 5.74) is 3.30. The van der Waals surface area contributed by atoms with Crippen LogP contribution in [-0.2, 0) is 20.0 Å². The number of rotatable bonds is 4. The molecule has 86 valence electrons. The Morgan fingerprint density at radius 2 is 2.31 bits per heavy atom. The molecule has 0 bridgehead atoms. The second-order valence-corrected chi connectivity index (χ2v) is 4.70. The summed E-state index contributed by atoms with van der Waals surface area (Å²) in [4.78, 5) is 4.42. The molecule has 5 heteroatoms. The molecular weight excluding hydrogens is 220 g/mol. The molecule has 1 N–H and O–H groups in total. The smallest absolute Gasteiger partial charge is 0.112 e. The molecule has 0 aliphatic carbocycles. The van der Waals surface area contributed by atoms with E-state index < -0.39 is 0 Å². The number of aryl methyl sites for hydroxylation is 3. The highest BCUT2D eigenvalue weighted by Gasteiger charge is 2.06. The average Bonchev–Trinajstić information content (AvgIpc) is 2.81. The van der Waals surface area contributed by atoms with Crippen LogP contribution < -0.4 is 5.32 Å². The summed E-state index contributed by atoms with van der Waals surface area (Å²) < 4.78 is 1.84. The van der Waals surface area contributed by atoms with E-state index in [9.17, 15) is 0 Å². The number of aromatic nitrogens is 3. The lowest BCUT2D eigenvalue weighted by Gasteiger charge is -2.02. The van der Waals surface area contributed by atoms with Gasteiger partial charge in [0.1, 0.15) is 5.01 Å². The Hall–Kier alpha value is -1.36. The van der Waals surface area contributed by atoms with Crippen molar-refractivity contribution in [2.24, 2.45) is 7.05 Å². The van der Waals surface area contributed by atoms with Crippen molar-refractivity contribution in [3.8, 4) is 0 Å². The molecule has 0 radical (unpaired) electrons. The minimum Gasteiger partial charge on any atom is -0.376 e. The monoisotopic (exact) mass is 236 g/mol. The number of thiazole rings is 1. The summed E-state index contributed by atoms with van der Waals surface area (Å²) in [6.45, 7) is 4.90. The highest BCUT2D eigenvalue weighted by molar-refractivity contribution is 7.09. The molecule has 16 heavy (non-hydrogen) atoms. The molecule has 0 spiro atoms. The number of nitrogens with one attached hydrogen (secondary N) is 1. The lowest BCUT2D eigenvalue weighted by Crippen LogP contribution is -2.00. The molecule has 0 saturated heterocycles. The third kappa shape index (κ3) is 2.41. The van der Waals surface area contributed by atoms with Crippen LogP contribution >= 0.6 is 11.3 Å². The lowest BCUT2D eigenvalue weighted by atomic mass is 10.3. The fraction of sp³-hybridized carbons (Fsp3) is 0.455. The minimum atomic E-state index is 0.775. The zero-order valence-electron chi connectivity index (χ0n) is 9.82. The van der Waals surface area contributed by atoms with Gasteiger partial charge in [-0.25, -0.2) is 4.98 Å². The summed E-state index contributed by atoms with van der Waals surface area (Å²) in [7, 11) is 1.94. The second-order valence-electron chi connectivity index (χ2n) is 3.75. The van der Waals surface area contributed by atoms with Gasteiger partial charge in [0.2, 0.25) is 0 Å². The number of nitrogens with zero attached hydrogens (tertiary/aromatic N) is 3. The Morgan fingerprint density at radius 1 is 1.50 bits per heavy atom. The Balaban J connectivity index is 2.04. The highest BCUT2D eigenvalue weighted by atomic mass is 32.1. The first kappa shape index (κ1) is 11.1. The molecule has 4 nitrogen and oxygen atoms in total. The van der Waals surface area contributed by atoms with Gasteiger partial charge < -0.3 is 5.32 Å². The minimum absolute atomic E-state index is 0.775. The summed E-state index contributed by atoms with van der Waals surface area (Å²) in [5, 5.41) is 10.9. The predicted molar refractivity (Wildman–Crippen MR) is 66.8 cm³/mol. The van der Waals surface area contributed by atoms with Crippen LogP contribution in [0.15, 0.2) is 11.6 Å². The molecule has 2 aromatic heterocycles. The maximum absolute atomic E-state index is 4.42. The van der Waals surface area contributed by atoms with E-state index in [-0.39, 0.29) is 0 Å². The topological polar surface area (TPSA) is 42.7 Å². The molecule has 2 heterocycles. The van der Waals surface area contributed by atoms with Gasteiger partial charge in [0, 0.05) is 24.3 Å². The van der Waals surface area contributed by atoms with Gasteiger partial charge in [0.25, 0.3) is 0 Å². The fourth-order valence-corrected chi connectivity index (χ4v) is 2.31. The number of anilines is 1. The predicted octanol–water partition coefficient (Wildman–Crippen LogP) is 2.36. The van der Waals surface area contributed by atoms with E-state index in [2.05, 4.69) is 27.7 Å². The third-order valence-corrected chi connectivity index (χ3v) is 3.30. The SMILES string of the molecule is CCc1nn(C)cc1NCc1nc(C)cs1. The molecule has 0 aromatic carbocycles. The van der Waals surface area contributed by atoms with Crippen LogP contribution in [0.5, 0.6) is 0 Å². The molecule has 0 aliphatic heterocycles. The van der Waals surface area contributed by atoms with E-state index in [0.717, 1.165) is 35.0 Å². The molecule has 2 rings (SSSR count). The molecule has 0 fully saturated rings. The van der Waals surface area contributed by atoms with E-state index >= 15 is 0 Å². The zero-order valence-corrected chi connectivity index (χ0v) is 10.6. The van der Waals surface area contributed by atoms with Gasteiger partial charge in [-0.05, 0) is 13.3 Å². The first-order chi connectivity index (χ1) is 7.69. The van der Waals surface area contributed by atoms with Gasteiger partial charge in [-0.15, -0.1) is 11.3 Å².